The molecular formula is C19H35ClN4O. The van der Waals surface area contributed by atoms with E-state index in [0.717, 1.165) is 77.5 Å². The zero-order valence-corrected chi connectivity index (χ0v) is 16.7. The first-order valence-electron chi connectivity index (χ1n) is 9.82. The van der Waals surface area contributed by atoms with E-state index in [0.29, 0.717) is 5.78 Å². The Morgan fingerprint density at radius 3 is 1.20 bits per heavy atom. The van der Waals surface area contributed by atoms with Crippen molar-refractivity contribution in [2.75, 3.05) is 26.2 Å². The summed E-state index contributed by atoms with van der Waals surface area (Å²) in [5.74, 6) is 0.524. The van der Waals surface area contributed by atoms with Gasteiger partial charge < -0.3 is 11.5 Å². The van der Waals surface area contributed by atoms with Crippen molar-refractivity contribution in [3.8, 4) is 0 Å². The predicted molar refractivity (Wildman–Crippen MR) is 103 cm³/mol. The average molecular weight is 371 g/mol. The van der Waals surface area contributed by atoms with Gasteiger partial charge in [0.15, 0.2) is 5.78 Å². The van der Waals surface area contributed by atoms with Crippen molar-refractivity contribution in [2.24, 2.45) is 11.5 Å². The van der Waals surface area contributed by atoms with Crippen LogP contribution >= 0.6 is 12.4 Å². The number of rotatable bonds is 4. The third-order valence-corrected chi connectivity index (χ3v) is 7.31. The normalized spacial score (nSPS) is 32.5. The highest BCUT2D eigenvalue weighted by Gasteiger charge is 2.66. The van der Waals surface area contributed by atoms with Crippen LogP contribution < -0.4 is 11.5 Å². The minimum atomic E-state index is -0.156. The Labute approximate surface area is 158 Å². The average Bonchev–Trinajstić information content (AvgIpc) is 3.41. The predicted octanol–water partition coefficient (Wildman–Crippen LogP) is 1.67. The van der Waals surface area contributed by atoms with E-state index < -0.39 is 0 Å². The van der Waals surface area contributed by atoms with Gasteiger partial charge in [-0.2, -0.15) is 0 Å². The molecular weight excluding hydrogens is 336 g/mol. The van der Waals surface area contributed by atoms with Crippen molar-refractivity contribution in [3.63, 3.8) is 0 Å². The summed E-state index contributed by atoms with van der Waals surface area (Å²) in [6.45, 7) is 8.22. The molecule has 2 aliphatic heterocycles. The van der Waals surface area contributed by atoms with Gasteiger partial charge in [0.25, 0.3) is 0 Å². The topological polar surface area (TPSA) is 75.6 Å². The molecule has 4 N–H and O–H groups in total. The standard InChI is InChI=1S/C19H34N4O.ClH/c1-16(20)7-11-22(12-8-16)18(3-4-18)15(24)19(5-6-19)23-13-9-17(2,21)10-14-23;/h3-14,20-21H2,1-2H3;1H. The summed E-state index contributed by atoms with van der Waals surface area (Å²) in [6, 6.07) is 0. The molecule has 25 heavy (non-hydrogen) atoms. The van der Waals surface area contributed by atoms with E-state index in [2.05, 4.69) is 23.6 Å². The van der Waals surface area contributed by atoms with Gasteiger partial charge in [-0.05, 0) is 65.2 Å². The van der Waals surface area contributed by atoms with Crippen LogP contribution in [0.5, 0.6) is 0 Å². The molecule has 144 valence electrons. The molecule has 0 aromatic heterocycles. The number of hydrogen-bond acceptors (Lipinski definition) is 5. The lowest BCUT2D eigenvalue weighted by Gasteiger charge is -2.45. The lowest BCUT2D eigenvalue weighted by atomic mass is 9.86. The first-order chi connectivity index (χ1) is 11.2. The van der Waals surface area contributed by atoms with Crippen LogP contribution in [-0.4, -0.2) is 63.9 Å². The Balaban J connectivity index is 0.00000182. The molecule has 0 spiro atoms. The molecule has 0 unspecified atom stereocenters. The van der Waals surface area contributed by atoms with Crippen molar-refractivity contribution in [3.05, 3.63) is 0 Å². The molecule has 2 saturated heterocycles. The Kier molecular flexibility index (Phi) is 4.82. The van der Waals surface area contributed by atoms with E-state index in [9.17, 15) is 4.79 Å². The highest BCUT2D eigenvalue weighted by Crippen LogP contribution is 2.54. The van der Waals surface area contributed by atoms with Crippen LogP contribution in [0.4, 0.5) is 0 Å². The summed E-state index contributed by atoms with van der Waals surface area (Å²) in [7, 11) is 0. The summed E-state index contributed by atoms with van der Waals surface area (Å²) in [5.41, 5.74) is 12.2. The Hall–Kier alpha value is -0.200. The van der Waals surface area contributed by atoms with E-state index in [1.807, 2.05) is 0 Å². The molecule has 0 radical (unpaired) electrons. The second kappa shape index (κ2) is 6.16. The fourth-order valence-corrected chi connectivity index (χ4v) is 4.93. The molecule has 2 heterocycles. The molecule has 5 nitrogen and oxygen atoms in total. The summed E-state index contributed by atoms with van der Waals surface area (Å²) in [4.78, 5) is 18.5. The lowest BCUT2D eigenvalue weighted by Crippen LogP contribution is -2.61. The number of likely N-dealkylation sites (tertiary alicyclic amines) is 2. The van der Waals surface area contributed by atoms with Gasteiger partial charge in [-0.3, -0.25) is 14.6 Å². The molecule has 4 aliphatic rings. The SMILES string of the molecule is CC1(N)CCN(C2(C(=O)C3(N4CCC(C)(N)CC4)CC3)CC2)CC1.Cl. The molecule has 0 atom stereocenters. The molecule has 6 heteroatoms. The maximum absolute atomic E-state index is 13.6. The van der Waals surface area contributed by atoms with Crippen LogP contribution in [0.15, 0.2) is 0 Å². The van der Waals surface area contributed by atoms with Gasteiger partial charge in [0.2, 0.25) is 0 Å². The van der Waals surface area contributed by atoms with E-state index in [1.165, 1.54) is 0 Å². The van der Waals surface area contributed by atoms with E-state index in [-0.39, 0.29) is 34.6 Å². The number of ketones is 1. The smallest absolute Gasteiger partial charge is 0.173 e. The zero-order chi connectivity index (χ0) is 17.2. The van der Waals surface area contributed by atoms with E-state index in [1.54, 1.807) is 0 Å². The number of nitrogens with zero attached hydrogens (tertiary/aromatic N) is 2. The maximum Gasteiger partial charge on any atom is 0.173 e. The summed E-state index contributed by atoms with van der Waals surface area (Å²) < 4.78 is 0. The third-order valence-electron chi connectivity index (χ3n) is 7.31. The number of Topliss-reactive ketones (excluding diaryl/α,β-unsaturated/α-hetero) is 1. The van der Waals surface area contributed by atoms with Crippen molar-refractivity contribution in [1.82, 2.24) is 9.80 Å². The highest BCUT2D eigenvalue weighted by molar-refractivity contribution is 6.01. The molecule has 0 aromatic carbocycles. The number of piperidine rings is 2. The fraction of sp³-hybridized carbons (Fsp3) is 0.947. The number of nitrogens with two attached hydrogens (primary N) is 2. The van der Waals surface area contributed by atoms with Crippen molar-refractivity contribution >= 4 is 18.2 Å². The van der Waals surface area contributed by atoms with Gasteiger partial charge in [0.1, 0.15) is 0 Å². The fourth-order valence-electron chi connectivity index (χ4n) is 4.93. The number of carbonyl (C=O) groups is 1. The summed E-state index contributed by atoms with van der Waals surface area (Å²) in [6.07, 6.45) is 8.23. The first-order valence-corrected chi connectivity index (χ1v) is 9.82. The van der Waals surface area contributed by atoms with Crippen molar-refractivity contribution in [2.45, 2.75) is 87.4 Å². The Bertz CT molecular complexity index is 474. The second-order valence-corrected chi connectivity index (χ2v) is 9.67. The van der Waals surface area contributed by atoms with Crippen LogP contribution in [0.25, 0.3) is 0 Å². The van der Waals surface area contributed by atoms with Gasteiger partial charge in [-0.25, -0.2) is 0 Å². The van der Waals surface area contributed by atoms with Gasteiger partial charge >= 0.3 is 0 Å². The maximum atomic E-state index is 13.6. The van der Waals surface area contributed by atoms with Gasteiger partial charge in [-0.1, -0.05) is 0 Å². The molecule has 2 saturated carbocycles. The molecule has 0 bridgehead atoms. The lowest BCUT2D eigenvalue weighted by molar-refractivity contribution is -0.134. The van der Waals surface area contributed by atoms with Crippen LogP contribution in [0.3, 0.4) is 0 Å². The monoisotopic (exact) mass is 370 g/mol. The first kappa shape index (κ1) is 19.6. The van der Waals surface area contributed by atoms with Gasteiger partial charge in [0.05, 0.1) is 11.1 Å². The summed E-state index contributed by atoms with van der Waals surface area (Å²) in [5, 5.41) is 0. The number of carbonyl (C=O) groups excluding carboxylic acids is 1. The number of hydrogen-bond donors (Lipinski definition) is 2. The molecule has 0 aromatic rings. The van der Waals surface area contributed by atoms with E-state index in [4.69, 9.17) is 11.5 Å². The van der Waals surface area contributed by atoms with Gasteiger partial charge in [0, 0.05) is 37.3 Å². The minimum absolute atomic E-state index is 0. The Morgan fingerprint density at radius 1 is 0.680 bits per heavy atom. The second-order valence-electron chi connectivity index (χ2n) is 9.67. The molecule has 2 aliphatic carbocycles. The zero-order valence-electron chi connectivity index (χ0n) is 15.9. The van der Waals surface area contributed by atoms with Crippen LogP contribution in [0.2, 0.25) is 0 Å². The highest BCUT2D eigenvalue weighted by atomic mass is 35.5. The molecule has 4 rings (SSSR count). The summed E-state index contributed by atoms with van der Waals surface area (Å²) >= 11 is 0. The molecule has 4 fully saturated rings. The number of halogens is 1. The quantitative estimate of drug-likeness (QED) is 0.787. The third kappa shape index (κ3) is 3.39. The van der Waals surface area contributed by atoms with Crippen LogP contribution in [-0.2, 0) is 4.79 Å². The van der Waals surface area contributed by atoms with Crippen molar-refractivity contribution in [1.29, 1.82) is 0 Å². The largest absolute Gasteiger partial charge is 0.325 e. The van der Waals surface area contributed by atoms with Crippen molar-refractivity contribution < 1.29 is 4.79 Å². The Morgan fingerprint density at radius 2 is 0.960 bits per heavy atom. The minimum Gasteiger partial charge on any atom is -0.325 e. The molecule has 0 amide bonds. The van der Waals surface area contributed by atoms with Gasteiger partial charge in [-0.15, -0.1) is 12.4 Å². The van der Waals surface area contributed by atoms with Crippen LogP contribution in [0.1, 0.15) is 65.2 Å². The van der Waals surface area contributed by atoms with Crippen LogP contribution in [0, 0.1) is 0 Å². The van der Waals surface area contributed by atoms with E-state index >= 15 is 0 Å².